The second kappa shape index (κ2) is 7.73. The number of hydrogen-bond donors (Lipinski definition) is 0. The average Bonchev–Trinajstić information content (AvgIpc) is 3.04. The minimum absolute atomic E-state index is 0.0154. The van der Waals surface area contributed by atoms with E-state index >= 15 is 0 Å². The number of carbonyl (C=O) groups is 1. The molecule has 0 saturated heterocycles. The van der Waals surface area contributed by atoms with E-state index < -0.39 is 21.7 Å². The molecule has 28 heavy (non-hydrogen) atoms. The van der Waals surface area contributed by atoms with Crippen LogP contribution in [0.25, 0.3) is 16.8 Å². The monoisotopic (exact) mass is 422 g/mol. The van der Waals surface area contributed by atoms with Gasteiger partial charge in [-0.15, -0.1) is 0 Å². The molecule has 6 nitrogen and oxygen atoms in total. The minimum Gasteiger partial charge on any atom is -0.449 e. The lowest BCUT2D eigenvalue weighted by Gasteiger charge is -2.06. The first-order valence-electron chi connectivity index (χ1n) is 8.15. The van der Waals surface area contributed by atoms with Crippen LogP contribution in [-0.4, -0.2) is 30.1 Å². The molecule has 9 heteroatoms. The van der Waals surface area contributed by atoms with Crippen molar-refractivity contribution in [2.75, 3.05) is 5.94 Å². The fourth-order valence-corrected chi connectivity index (χ4v) is 3.72. The number of rotatable bonds is 5. The maximum absolute atomic E-state index is 13.8. The molecule has 1 heterocycles. The number of sulfone groups is 1. The van der Waals surface area contributed by atoms with Gasteiger partial charge in [0.05, 0.1) is 10.6 Å². The van der Waals surface area contributed by atoms with Crippen molar-refractivity contribution in [3.05, 3.63) is 65.2 Å². The third kappa shape index (κ3) is 4.23. The highest BCUT2D eigenvalue weighted by Gasteiger charge is 2.17. The summed E-state index contributed by atoms with van der Waals surface area (Å²) < 4.78 is 44.1. The van der Waals surface area contributed by atoms with Crippen LogP contribution in [0, 0.1) is 12.7 Å². The Balaban J connectivity index is 1.89. The van der Waals surface area contributed by atoms with Crippen molar-refractivity contribution in [1.82, 2.24) is 9.78 Å². The maximum atomic E-state index is 13.8. The molecule has 3 rings (SSSR count). The van der Waals surface area contributed by atoms with Crippen molar-refractivity contribution in [2.45, 2.75) is 18.7 Å². The molecule has 0 N–H and O–H groups in total. The summed E-state index contributed by atoms with van der Waals surface area (Å²) in [6.07, 6.45) is 1.63. The van der Waals surface area contributed by atoms with Crippen LogP contribution in [0.4, 0.5) is 4.39 Å². The second-order valence-corrected chi connectivity index (χ2v) is 8.40. The Morgan fingerprint density at radius 3 is 2.50 bits per heavy atom. The van der Waals surface area contributed by atoms with E-state index in [-0.39, 0.29) is 15.9 Å². The molecular weight excluding hydrogens is 407 g/mol. The Morgan fingerprint density at radius 2 is 1.89 bits per heavy atom. The van der Waals surface area contributed by atoms with E-state index in [1.165, 1.54) is 22.9 Å². The molecular formula is C19H16ClFN2O4S. The van der Waals surface area contributed by atoms with Crippen LogP contribution in [0.1, 0.15) is 12.5 Å². The lowest BCUT2D eigenvalue weighted by atomic mass is 10.1. The molecule has 0 bridgehead atoms. The summed E-state index contributed by atoms with van der Waals surface area (Å²) in [6, 6.07) is 10.7. The first-order chi connectivity index (χ1) is 13.2. The molecule has 0 atom stereocenters. The van der Waals surface area contributed by atoms with Crippen LogP contribution in [-0.2, 0) is 19.4 Å². The third-order valence-electron chi connectivity index (χ3n) is 4.03. The Hall–Kier alpha value is -2.71. The Labute approximate surface area is 166 Å². The van der Waals surface area contributed by atoms with E-state index in [2.05, 4.69) is 9.84 Å². The van der Waals surface area contributed by atoms with E-state index in [4.69, 9.17) is 11.6 Å². The van der Waals surface area contributed by atoms with Gasteiger partial charge in [0.1, 0.15) is 5.82 Å². The summed E-state index contributed by atoms with van der Waals surface area (Å²) in [7, 11) is -3.75. The Bertz CT molecular complexity index is 1140. The SMILES string of the molecule is CC(=O)OCS(=O)(=O)c1ccc(-c2cn(-c3ccc(C)c(F)c3)nc2Cl)cc1. The van der Waals surface area contributed by atoms with Gasteiger partial charge in [0, 0.05) is 18.7 Å². The van der Waals surface area contributed by atoms with Gasteiger partial charge in [-0.3, -0.25) is 4.79 Å². The van der Waals surface area contributed by atoms with Crippen LogP contribution >= 0.6 is 11.6 Å². The molecule has 0 aliphatic rings. The van der Waals surface area contributed by atoms with Crippen molar-refractivity contribution in [1.29, 1.82) is 0 Å². The fourth-order valence-electron chi connectivity index (χ4n) is 2.47. The van der Waals surface area contributed by atoms with Gasteiger partial charge >= 0.3 is 5.97 Å². The highest BCUT2D eigenvalue weighted by Crippen LogP contribution is 2.29. The van der Waals surface area contributed by atoms with Gasteiger partial charge in [0.15, 0.2) is 11.1 Å². The first kappa shape index (κ1) is 20.0. The Kier molecular flexibility index (Phi) is 5.53. The van der Waals surface area contributed by atoms with Gasteiger partial charge in [-0.05, 0) is 42.3 Å². The van der Waals surface area contributed by atoms with E-state index in [1.54, 1.807) is 37.4 Å². The van der Waals surface area contributed by atoms with Crippen LogP contribution in [0.3, 0.4) is 0 Å². The van der Waals surface area contributed by atoms with Gasteiger partial charge < -0.3 is 4.74 Å². The number of ether oxygens (including phenoxy) is 1. The lowest BCUT2D eigenvalue weighted by molar-refractivity contribution is -0.138. The number of esters is 1. The lowest BCUT2D eigenvalue weighted by Crippen LogP contribution is -2.12. The number of nitrogens with zero attached hydrogens (tertiary/aromatic N) is 2. The summed E-state index contributed by atoms with van der Waals surface area (Å²) in [6.45, 7) is 2.80. The van der Waals surface area contributed by atoms with E-state index in [9.17, 15) is 17.6 Å². The number of hydrogen-bond acceptors (Lipinski definition) is 5. The average molecular weight is 423 g/mol. The van der Waals surface area contributed by atoms with E-state index in [1.807, 2.05) is 0 Å². The third-order valence-corrected chi connectivity index (χ3v) is 5.73. The summed E-state index contributed by atoms with van der Waals surface area (Å²) in [5.74, 6) is -1.75. The van der Waals surface area contributed by atoms with Crippen molar-refractivity contribution in [2.24, 2.45) is 0 Å². The molecule has 3 aromatic rings. The van der Waals surface area contributed by atoms with Crippen molar-refractivity contribution in [3.63, 3.8) is 0 Å². The highest BCUT2D eigenvalue weighted by atomic mass is 35.5. The number of benzene rings is 2. The van der Waals surface area contributed by atoms with E-state index in [0.29, 0.717) is 22.4 Å². The summed E-state index contributed by atoms with van der Waals surface area (Å²) in [5.41, 5.74) is 2.23. The molecule has 0 amide bonds. The van der Waals surface area contributed by atoms with Gasteiger partial charge in [-0.25, -0.2) is 17.5 Å². The summed E-state index contributed by atoms with van der Waals surface area (Å²) >= 11 is 6.21. The van der Waals surface area contributed by atoms with Crippen LogP contribution < -0.4 is 0 Å². The zero-order valence-corrected chi connectivity index (χ0v) is 16.6. The topological polar surface area (TPSA) is 78.3 Å². The summed E-state index contributed by atoms with van der Waals surface area (Å²) in [4.78, 5) is 10.8. The number of aromatic nitrogens is 2. The molecule has 146 valence electrons. The predicted octanol–water partition coefficient (Wildman–Crippen LogP) is 3.93. The van der Waals surface area contributed by atoms with Crippen molar-refractivity contribution >= 4 is 27.4 Å². The number of halogens is 2. The molecule has 0 fully saturated rings. The van der Waals surface area contributed by atoms with Crippen molar-refractivity contribution < 1.29 is 22.3 Å². The minimum atomic E-state index is -3.75. The number of aryl methyl sites for hydroxylation is 1. The van der Waals surface area contributed by atoms with Crippen LogP contribution in [0.5, 0.6) is 0 Å². The quantitative estimate of drug-likeness (QED) is 0.582. The molecule has 0 saturated carbocycles. The van der Waals surface area contributed by atoms with Gasteiger partial charge in [-0.2, -0.15) is 5.10 Å². The molecule has 0 spiro atoms. The normalized spacial score (nSPS) is 11.4. The van der Waals surface area contributed by atoms with Gasteiger partial charge in [-0.1, -0.05) is 29.8 Å². The molecule has 0 radical (unpaired) electrons. The summed E-state index contributed by atoms with van der Waals surface area (Å²) in [5, 5.41) is 4.38. The largest absolute Gasteiger partial charge is 0.449 e. The Morgan fingerprint density at radius 1 is 1.21 bits per heavy atom. The zero-order valence-electron chi connectivity index (χ0n) is 15.0. The molecule has 2 aromatic carbocycles. The smallest absolute Gasteiger partial charge is 0.303 e. The highest BCUT2D eigenvalue weighted by molar-refractivity contribution is 7.91. The van der Waals surface area contributed by atoms with Gasteiger partial charge in [0.2, 0.25) is 9.84 Å². The van der Waals surface area contributed by atoms with Crippen LogP contribution in [0.2, 0.25) is 5.15 Å². The van der Waals surface area contributed by atoms with Crippen LogP contribution in [0.15, 0.2) is 53.6 Å². The molecule has 1 aromatic heterocycles. The maximum Gasteiger partial charge on any atom is 0.303 e. The van der Waals surface area contributed by atoms with Gasteiger partial charge in [0.25, 0.3) is 0 Å². The van der Waals surface area contributed by atoms with E-state index in [0.717, 1.165) is 6.92 Å². The molecule has 0 aliphatic heterocycles. The molecule has 0 aliphatic carbocycles. The molecule has 0 unspecified atom stereocenters. The zero-order chi connectivity index (χ0) is 20.5. The fraction of sp³-hybridized carbons (Fsp3) is 0.158. The second-order valence-electron chi connectivity index (χ2n) is 6.10. The first-order valence-corrected chi connectivity index (χ1v) is 10.2. The standard InChI is InChI=1S/C19H16ClFN2O4S/c1-12-3-6-15(9-18(12)21)23-10-17(19(20)22-23)14-4-7-16(8-5-14)28(25,26)11-27-13(2)24/h3-10H,11H2,1-2H3. The predicted molar refractivity (Wildman–Crippen MR) is 103 cm³/mol. The van der Waals surface area contributed by atoms with Crippen molar-refractivity contribution in [3.8, 4) is 16.8 Å². The number of carbonyl (C=O) groups excluding carboxylic acids is 1.